The number of amides is 1. The Balaban J connectivity index is 3.07. The third-order valence-corrected chi connectivity index (χ3v) is 4.07. The molecule has 0 bridgehead atoms. The largest absolute Gasteiger partial charge is 0.464 e. The van der Waals surface area contributed by atoms with Gasteiger partial charge in [-0.3, -0.25) is 9.69 Å². The summed E-state index contributed by atoms with van der Waals surface area (Å²) >= 11 is 1.53. The van der Waals surface area contributed by atoms with Crippen LogP contribution < -0.4 is 0 Å². The Bertz CT molecular complexity index is 344. The van der Waals surface area contributed by atoms with Crippen LogP contribution in [-0.4, -0.2) is 29.8 Å². The van der Waals surface area contributed by atoms with Gasteiger partial charge in [-0.25, -0.2) is 4.79 Å². The molecular formula is C11H17NO3S. The molecule has 1 unspecified atom stereocenters. The fourth-order valence-electron chi connectivity index (χ4n) is 1.63. The molecular weight excluding hydrogens is 226 g/mol. The van der Waals surface area contributed by atoms with Crippen molar-refractivity contribution in [3.63, 3.8) is 0 Å². The van der Waals surface area contributed by atoms with Gasteiger partial charge in [-0.1, -0.05) is 20.8 Å². The van der Waals surface area contributed by atoms with Gasteiger partial charge in [0.2, 0.25) is 6.41 Å². The molecule has 0 spiro atoms. The topological polar surface area (TPSA) is 46.6 Å². The first kappa shape index (κ1) is 13.1. The molecule has 1 amide bonds. The van der Waals surface area contributed by atoms with Gasteiger partial charge in [-0.2, -0.15) is 0 Å². The fraction of sp³-hybridized carbons (Fsp3) is 0.636. The van der Waals surface area contributed by atoms with Gasteiger partial charge >= 0.3 is 5.97 Å². The van der Waals surface area contributed by atoms with Crippen molar-refractivity contribution in [3.05, 3.63) is 10.6 Å². The lowest BCUT2D eigenvalue weighted by molar-refractivity contribution is -0.140. The number of nitrogens with zero attached hydrogens (tertiary/aromatic N) is 1. The molecule has 1 atom stereocenters. The van der Waals surface area contributed by atoms with Crippen LogP contribution in [0, 0.1) is 5.41 Å². The van der Waals surface area contributed by atoms with E-state index in [9.17, 15) is 9.59 Å². The third-order valence-electron chi connectivity index (χ3n) is 2.37. The Labute approximate surface area is 100 Å². The standard InChI is InChI=1S/C11H17NO3S/c1-7-8(9(14)15-5)12(6-13)10(16-7)11(2,3)4/h6,10H,1-5H3. The number of methoxy groups -OCH3 is 1. The average Bonchev–Trinajstić information content (AvgIpc) is 2.53. The number of ether oxygens (including phenoxy) is 1. The highest BCUT2D eigenvalue weighted by atomic mass is 32.2. The van der Waals surface area contributed by atoms with Gasteiger partial charge in [0.15, 0.2) is 0 Å². The molecule has 0 saturated carbocycles. The predicted molar refractivity (Wildman–Crippen MR) is 63.5 cm³/mol. The number of rotatable bonds is 2. The van der Waals surface area contributed by atoms with Crippen LogP contribution in [0.2, 0.25) is 0 Å². The smallest absolute Gasteiger partial charge is 0.355 e. The van der Waals surface area contributed by atoms with E-state index in [1.807, 2.05) is 27.7 Å². The summed E-state index contributed by atoms with van der Waals surface area (Å²) in [5.41, 5.74) is 0.269. The number of hydrogen-bond acceptors (Lipinski definition) is 4. The molecule has 16 heavy (non-hydrogen) atoms. The number of esters is 1. The Hall–Kier alpha value is -0.970. The number of carbonyl (C=O) groups excluding carboxylic acids is 2. The summed E-state index contributed by atoms with van der Waals surface area (Å²) in [6, 6.07) is 0. The average molecular weight is 243 g/mol. The maximum Gasteiger partial charge on any atom is 0.355 e. The lowest BCUT2D eigenvalue weighted by Gasteiger charge is -2.32. The van der Waals surface area contributed by atoms with Crippen molar-refractivity contribution in [2.75, 3.05) is 7.11 Å². The summed E-state index contributed by atoms with van der Waals surface area (Å²) in [6.45, 7) is 7.94. The lowest BCUT2D eigenvalue weighted by atomic mass is 9.95. The second-order valence-corrected chi connectivity index (χ2v) is 6.04. The lowest BCUT2D eigenvalue weighted by Crippen LogP contribution is -2.39. The summed E-state index contributed by atoms with van der Waals surface area (Å²) in [4.78, 5) is 25.0. The van der Waals surface area contributed by atoms with Gasteiger partial charge < -0.3 is 4.74 Å². The van der Waals surface area contributed by atoms with Crippen LogP contribution in [0.25, 0.3) is 0 Å². The van der Waals surface area contributed by atoms with Crippen molar-refractivity contribution >= 4 is 24.1 Å². The molecule has 90 valence electrons. The molecule has 1 heterocycles. The van der Waals surface area contributed by atoms with Crippen molar-refractivity contribution in [3.8, 4) is 0 Å². The van der Waals surface area contributed by atoms with Crippen LogP contribution in [0.1, 0.15) is 27.7 Å². The van der Waals surface area contributed by atoms with Gasteiger partial charge in [0.1, 0.15) is 5.70 Å². The number of hydrogen-bond donors (Lipinski definition) is 0. The monoisotopic (exact) mass is 243 g/mol. The second kappa shape index (κ2) is 4.49. The van der Waals surface area contributed by atoms with Crippen LogP contribution in [0.4, 0.5) is 0 Å². The highest BCUT2D eigenvalue weighted by Gasteiger charge is 2.41. The first-order chi connectivity index (χ1) is 7.32. The van der Waals surface area contributed by atoms with Gasteiger partial charge in [0.05, 0.1) is 12.5 Å². The Kier molecular flexibility index (Phi) is 3.68. The molecule has 0 aromatic carbocycles. The van der Waals surface area contributed by atoms with Gasteiger partial charge in [-0.05, 0) is 12.3 Å². The minimum absolute atomic E-state index is 0.0564. The third kappa shape index (κ3) is 2.24. The molecule has 0 aliphatic carbocycles. The molecule has 0 saturated heterocycles. The highest BCUT2D eigenvalue weighted by molar-refractivity contribution is 8.03. The normalized spacial score (nSPS) is 21.3. The molecule has 0 fully saturated rings. The van der Waals surface area contributed by atoms with Crippen molar-refractivity contribution in [1.82, 2.24) is 4.90 Å². The first-order valence-electron chi connectivity index (χ1n) is 5.02. The predicted octanol–water partition coefficient (Wildman–Crippen LogP) is 1.97. The summed E-state index contributed by atoms with van der Waals surface area (Å²) in [6.07, 6.45) is 0.700. The van der Waals surface area contributed by atoms with E-state index < -0.39 is 5.97 Å². The van der Waals surface area contributed by atoms with Crippen molar-refractivity contribution < 1.29 is 14.3 Å². The minimum atomic E-state index is -0.455. The SMILES string of the molecule is COC(=O)C1=C(C)SC(C(C)(C)C)N1C=O. The van der Waals surface area contributed by atoms with Crippen molar-refractivity contribution in [1.29, 1.82) is 0 Å². The number of allylic oxidation sites excluding steroid dienone is 1. The summed E-state index contributed by atoms with van der Waals surface area (Å²) in [5, 5.41) is -0.0564. The molecule has 0 aromatic heterocycles. The second-order valence-electron chi connectivity index (χ2n) is 4.75. The highest BCUT2D eigenvalue weighted by Crippen LogP contribution is 2.45. The van der Waals surface area contributed by atoms with E-state index in [0.29, 0.717) is 12.1 Å². The summed E-state index contributed by atoms with van der Waals surface area (Å²) in [5.74, 6) is -0.455. The number of thioether (sulfide) groups is 1. The van der Waals surface area contributed by atoms with E-state index in [0.717, 1.165) is 4.91 Å². The van der Waals surface area contributed by atoms with Crippen LogP contribution in [-0.2, 0) is 14.3 Å². The summed E-state index contributed by atoms with van der Waals surface area (Å²) in [7, 11) is 1.32. The van der Waals surface area contributed by atoms with Gasteiger partial charge in [0, 0.05) is 4.91 Å². The Morgan fingerprint density at radius 2 is 2.06 bits per heavy atom. The van der Waals surface area contributed by atoms with Crippen LogP contribution in [0.15, 0.2) is 10.6 Å². The van der Waals surface area contributed by atoms with Crippen LogP contribution in [0.5, 0.6) is 0 Å². The quantitative estimate of drug-likeness (QED) is 0.549. The Morgan fingerprint density at radius 3 is 2.44 bits per heavy atom. The van der Waals surface area contributed by atoms with Crippen molar-refractivity contribution in [2.24, 2.45) is 5.41 Å². The molecule has 0 radical (unpaired) electrons. The van der Waals surface area contributed by atoms with Crippen LogP contribution in [0.3, 0.4) is 0 Å². The van der Waals surface area contributed by atoms with Gasteiger partial charge in [-0.15, -0.1) is 11.8 Å². The maximum absolute atomic E-state index is 11.6. The van der Waals surface area contributed by atoms with Crippen LogP contribution >= 0.6 is 11.8 Å². The molecule has 4 nitrogen and oxygen atoms in total. The van der Waals surface area contributed by atoms with E-state index in [-0.39, 0.29) is 10.8 Å². The maximum atomic E-state index is 11.6. The van der Waals surface area contributed by atoms with Gasteiger partial charge in [0.25, 0.3) is 0 Å². The van der Waals surface area contributed by atoms with E-state index in [1.54, 1.807) is 0 Å². The zero-order chi connectivity index (χ0) is 12.5. The minimum Gasteiger partial charge on any atom is -0.464 e. The number of carbonyl (C=O) groups is 2. The fourth-order valence-corrected chi connectivity index (χ4v) is 2.88. The molecule has 5 heteroatoms. The first-order valence-corrected chi connectivity index (χ1v) is 5.90. The molecule has 1 aliphatic rings. The molecule has 1 rings (SSSR count). The molecule has 0 N–H and O–H groups in total. The van der Waals surface area contributed by atoms with E-state index in [2.05, 4.69) is 4.74 Å². The van der Waals surface area contributed by atoms with E-state index >= 15 is 0 Å². The molecule has 1 aliphatic heterocycles. The summed E-state index contributed by atoms with van der Waals surface area (Å²) < 4.78 is 4.69. The van der Waals surface area contributed by atoms with E-state index in [1.165, 1.54) is 23.8 Å². The zero-order valence-corrected chi connectivity index (χ0v) is 11.1. The Morgan fingerprint density at radius 1 is 1.50 bits per heavy atom. The molecule has 0 aromatic rings. The van der Waals surface area contributed by atoms with E-state index in [4.69, 9.17) is 0 Å². The van der Waals surface area contributed by atoms with Crippen molar-refractivity contribution in [2.45, 2.75) is 33.1 Å². The zero-order valence-electron chi connectivity index (χ0n) is 10.2.